The first-order chi connectivity index (χ1) is 7.72. The van der Waals surface area contributed by atoms with Crippen molar-refractivity contribution in [2.75, 3.05) is 0 Å². The first kappa shape index (κ1) is 10.9. The lowest BCUT2D eigenvalue weighted by Crippen LogP contribution is -2.00. The molecule has 0 aromatic heterocycles. The van der Waals surface area contributed by atoms with Crippen LogP contribution in [0, 0.1) is 11.7 Å². The maximum Gasteiger partial charge on any atom is 0.123 e. The third-order valence-electron chi connectivity index (χ3n) is 3.06. The first-order valence-electron chi connectivity index (χ1n) is 5.35. The van der Waals surface area contributed by atoms with Crippen molar-refractivity contribution in [3.05, 3.63) is 41.2 Å². The molecule has 3 heteroatoms. The summed E-state index contributed by atoms with van der Waals surface area (Å²) in [5.74, 6) is -0.0807. The number of oxime groups is 1. The zero-order valence-electron chi connectivity index (χ0n) is 9.15. The molecule has 1 aromatic rings. The van der Waals surface area contributed by atoms with E-state index in [1.807, 2.05) is 0 Å². The highest BCUT2D eigenvalue weighted by Crippen LogP contribution is 2.37. The molecule has 0 spiro atoms. The molecule has 1 aliphatic carbocycles. The molecule has 2 rings (SSSR count). The van der Waals surface area contributed by atoms with Crippen molar-refractivity contribution in [3.8, 4) is 0 Å². The summed E-state index contributed by atoms with van der Waals surface area (Å²) in [6, 6.07) is 6.47. The molecule has 0 saturated heterocycles. The molecule has 2 nitrogen and oxygen atoms in total. The first-order valence-corrected chi connectivity index (χ1v) is 5.35. The van der Waals surface area contributed by atoms with E-state index in [-0.39, 0.29) is 11.7 Å². The van der Waals surface area contributed by atoms with E-state index in [0.29, 0.717) is 0 Å². The van der Waals surface area contributed by atoms with Gasteiger partial charge in [0.05, 0.1) is 6.21 Å². The molecule has 0 aliphatic heterocycles. The van der Waals surface area contributed by atoms with E-state index in [2.05, 4.69) is 12.1 Å². The van der Waals surface area contributed by atoms with Gasteiger partial charge in [0.25, 0.3) is 0 Å². The van der Waals surface area contributed by atoms with Crippen LogP contribution in [0.4, 0.5) is 4.39 Å². The highest BCUT2D eigenvalue weighted by Gasteiger charge is 2.23. The number of halogens is 1. The number of benzene rings is 1. The van der Waals surface area contributed by atoms with Crippen molar-refractivity contribution in [1.29, 1.82) is 0 Å². The largest absolute Gasteiger partial charge is 0.411 e. The Labute approximate surface area is 94.1 Å². The number of hydrogen-bond donors (Lipinski definition) is 1. The SMILES string of the molecule is CC1=C(c2ccc(F)cc2)C(C=NO)CC1. The second-order valence-corrected chi connectivity index (χ2v) is 4.11. The van der Waals surface area contributed by atoms with Crippen molar-refractivity contribution in [2.45, 2.75) is 19.8 Å². The van der Waals surface area contributed by atoms with Crippen molar-refractivity contribution in [1.82, 2.24) is 0 Å². The molecule has 1 aromatic carbocycles. The van der Waals surface area contributed by atoms with Crippen LogP contribution in [-0.4, -0.2) is 11.4 Å². The van der Waals surface area contributed by atoms with E-state index in [0.717, 1.165) is 24.0 Å². The predicted octanol–water partition coefficient (Wildman–Crippen LogP) is 3.47. The summed E-state index contributed by atoms with van der Waals surface area (Å²) in [4.78, 5) is 0. The minimum absolute atomic E-state index is 0.149. The molecular formula is C13H14FNO. The molecule has 1 atom stereocenters. The molecule has 0 bridgehead atoms. The summed E-state index contributed by atoms with van der Waals surface area (Å²) >= 11 is 0. The highest BCUT2D eigenvalue weighted by atomic mass is 19.1. The molecule has 0 heterocycles. The van der Waals surface area contributed by atoms with Gasteiger partial charge < -0.3 is 5.21 Å². The lowest BCUT2D eigenvalue weighted by Gasteiger charge is -2.10. The molecule has 84 valence electrons. The van der Waals surface area contributed by atoms with Crippen LogP contribution in [0.25, 0.3) is 5.57 Å². The van der Waals surface area contributed by atoms with Gasteiger partial charge in [-0.2, -0.15) is 0 Å². The van der Waals surface area contributed by atoms with Crippen molar-refractivity contribution in [2.24, 2.45) is 11.1 Å². The van der Waals surface area contributed by atoms with Gasteiger partial charge in [0.2, 0.25) is 0 Å². The molecule has 1 aliphatic rings. The Morgan fingerprint density at radius 1 is 1.38 bits per heavy atom. The number of nitrogens with zero attached hydrogens (tertiary/aromatic N) is 1. The van der Waals surface area contributed by atoms with E-state index in [1.54, 1.807) is 18.3 Å². The summed E-state index contributed by atoms with van der Waals surface area (Å²) in [5, 5.41) is 11.7. The Balaban J connectivity index is 2.37. The Kier molecular flexibility index (Phi) is 3.04. The minimum Gasteiger partial charge on any atom is -0.411 e. The van der Waals surface area contributed by atoms with Crippen molar-refractivity contribution >= 4 is 11.8 Å². The van der Waals surface area contributed by atoms with Gasteiger partial charge in [-0.15, -0.1) is 5.16 Å². The fourth-order valence-electron chi connectivity index (χ4n) is 2.29. The summed E-state index contributed by atoms with van der Waals surface area (Å²) in [6.07, 6.45) is 3.52. The van der Waals surface area contributed by atoms with Crippen molar-refractivity contribution < 1.29 is 9.60 Å². The molecule has 0 saturated carbocycles. The van der Waals surface area contributed by atoms with Gasteiger partial charge in [-0.3, -0.25) is 0 Å². The highest BCUT2D eigenvalue weighted by molar-refractivity contribution is 5.85. The molecule has 16 heavy (non-hydrogen) atoms. The second kappa shape index (κ2) is 4.47. The maximum atomic E-state index is 12.8. The molecular weight excluding hydrogens is 205 g/mol. The average molecular weight is 219 g/mol. The molecule has 0 radical (unpaired) electrons. The van der Waals surface area contributed by atoms with E-state index in [9.17, 15) is 4.39 Å². The van der Waals surface area contributed by atoms with Gasteiger partial charge in [0.1, 0.15) is 5.82 Å². The summed E-state index contributed by atoms with van der Waals surface area (Å²) in [6.45, 7) is 2.07. The zero-order chi connectivity index (χ0) is 11.5. The third-order valence-corrected chi connectivity index (χ3v) is 3.06. The minimum atomic E-state index is -0.229. The molecule has 0 fully saturated rings. The number of allylic oxidation sites excluding steroid dienone is 2. The second-order valence-electron chi connectivity index (χ2n) is 4.11. The van der Waals surface area contributed by atoms with E-state index >= 15 is 0 Å². The van der Waals surface area contributed by atoms with Crippen LogP contribution in [0.2, 0.25) is 0 Å². The summed E-state index contributed by atoms with van der Waals surface area (Å²) in [7, 11) is 0. The van der Waals surface area contributed by atoms with Gasteiger partial charge >= 0.3 is 0 Å². The Hall–Kier alpha value is -1.64. The molecule has 0 amide bonds. The van der Waals surface area contributed by atoms with Crippen LogP contribution in [-0.2, 0) is 0 Å². The van der Waals surface area contributed by atoms with Crippen LogP contribution in [0.5, 0.6) is 0 Å². The fraction of sp³-hybridized carbons (Fsp3) is 0.308. The van der Waals surface area contributed by atoms with Gasteiger partial charge in [-0.05, 0) is 43.0 Å². The van der Waals surface area contributed by atoms with Gasteiger partial charge in [-0.25, -0.2) is 4.39 Å². The van der Waals surface area contributed by atoms with Crippen LogP contribution in [0.15, 0.2) is 35.0 Å². The lowest BCUT2D eigenvalue weighted by atomic mass is 9.94. The third kappa shape index (κ3) is 1.98. The zero-order valence-corrected chi connectivity index (χ0v) is 9.15. The van der Waals surface area contributed by atoms with E-state index in [1.165, 1.54) is 17.7 Å². The van der Waals surface area contributed by atoms with Gasteiger partial charge in [-0.1, -0.05) is 17.7 Å². The topological polar surface area (TPSA) is 32.6 Å². The van der Waals surface area contributed by atoms with Crippen LogP contribution >= 0.6 is 0 Å². The molecule has 1 unspecified atom stereocenters. The van der Waals surface area contributed by atoms with E-state index < -0.39 is 0 Å². The average Bonchev–Trinajstić information content (AvgIpc) is 2.62. The summed E-state index contributed by atoms with van der Waals surface area (Å²) in [5.41, 5.74) is 3.47. The van der Waals surface area contributed by atoms with Crippen LogP contribution < -0.4 is 0 Å². The fourth-order valence-corrected chi connectivity index (χ4v) is 2.29. The lowest BCUT2D eigenvalue weighted by molar-refractivity contribution is 0.319. The van der Waals surface area contributed by atoms with Crippen molar-refractivity contribution in [3.63, 3.8) is 0 Å². The monoisotopic (exact) mass is 219 g/mol. The van der Waals surface area contributed by atoms with Gasteiger partial charge in [0, 0.05) is 5.92 Å². The standard InChI is InChI=1S/C13H14FNO/c1-9-2-3-11(8-15-16)13(9)10-4-6-12(14)7-5-10/h4-8,11,16H,2-3H2,1H3. The van der Waals surface area contributed by atoms with E-state index in [4.69, 9.17) is 5.21 Å². The number of hydrogen-bond acceptors (Lipinski definition) is 2. The van der Waals surface area contributed by atoms with Crippen LogP contribution in [0.1, 0.15) is 25.3 Å². The quantitative estimate of drug-likeness (QED) is 0.461. The molecule has 1 N–H and O–H groups in total. The predicted molar refractivity (Wildman–Crippen MR) is 62.0 cm³/mol. The number of rotatable bonds is 2. The van der Waals surface area contributed by atoms with Gasteiger partial charge in [0.15, 0.2) is 0 Å². The Morgan fingerprint density at radius 3 is 2.69 bits per heavy atom. The smallest absolute Gasteiger partial charge is 0.123 e. The summed E-state index contributed by atoms with van der Waals surface area (Å²) < 4.78 is 12.8. The maximum absolute atomic E-state index is 12.8. The Morgan fingerprint density at radius 2 is 2.06 bits per heavy atom. The van der Waals surface area contributed by atoms with Crippen LogP contribution in [0.3, 0.4) is 0 Å². The Bertz CT molecular complexity index is 434. The normalized spacial score (nSPS) is 21.0.